The third kappa shape index (κ3) is 3.42. The van der Waals surface area contributed by atoms with E-state index in [4.69, 9.17) is 4.74 Å². The topological polar surface area (TPSA) is 63.8 Å². The van der Waals surface area contributed by atoms with Gasteiger partial charge in [-0.3, -0.25) is 4.99 Å². The normalized spacial score (nSPS) is 15.7. The smallest absolute Gasteiger partial charge is 0.335 e. The highest BCUT2D eigenvalue weighted by atomic mass is 19.1. The van der Waals surface area contributed by atoms with Gasteiger partial charge in [0.15, 0.2) is 0 Å². The van der Waals surface area contributed by atoms with Crippen LogP contribution in [0.2, 0.25) is 0 Å². The van der Waals surface area contributed by atoms with Gasteiger partial charge >= 0.3 is 5.97 Å². The molecule has 3 aromatic carbocycles. The van der Waals surface area contributed by atoms with Crippen molar-refractivity contribution in [2.24, 2.45) is 4.99 Å². The third-order valence-corrected chi connectivity index (χ3v) is 6.87. The van der Waals surface area contributed by atoms with E-state index in [0.29, 0.717) is 19.8 Å². The minimum atomic E-state index is -0.945. The zero-order valence-electron chi connectivity index (χ0n) is 18.5. The van der Waals surface area contributed by atoms with Crippen LogP contribution in [-0.2, 0) is 11.3 Å². The molecule has 0 atom stereocenters. The van der Waals surface area contributed by atoms with Crippen molar-refractivity contribution in [1.82, 2.24) is 4.57 Å². The summed E-state index contributed by atoms with van der Waals surface area (Å²) in [6, 6.07) is 18.1. The first-order valence-electron chi connectivity index (χ1n) is 11.5. The number of fused-ring (bicyclic) bond motifs is 2. The molecule has 6 rings (SSSR count). The van der Waals surface area contributed by atoms with Gasteiger partial charge in [0.2, 0.25) is 0 Å². The van der Waals surface area contributed by atoms with E-state index in [2.05, 4.69) is 21.7 Å². The van der Waals surface area contributed by atoms with Gasteiger partial charge in [-0.1, -0.05) is 12.1 Å². The molecule has 6 heteroatoms. The van der Waals surface area contributed by atoms with Crippen molar-refractivity contribution >= 4 is 23.1 Å². The Hall–Kier alpha value is -3.77. The Balaban J connectivity index is 1.69. The standard InChI is InChI=1S/C28H23FN2O3/c29-22-5-7-23(8-6-22)31-25-14-21-16-30-15-20(21)13-24(25)26(27(31)18-9-11-34-12-10-18)17-1-3-19(4-2-17)28(32)33/h1-8,13-14,16,18H,9-12,15H2,(H,32,33). The fraction of sp³-hybridized carbons (Fsp3) is 0.214. The number of aliphatic imine (C=N–C) groups is 1. The molecule has 2 aliphatic rings. The van der Waals surface area contributed by atoms with Crippen molar-refractivity contribution in [3.63, 3.8) is 0 Å². The van der Waals surface area contributed by atoms with Crippen molar-refractivity contribution in [2.45, 2.75) is 25.3 Å². The summed E-state index contributed by atoms with van der Waals surface area (Å²) in [5, 5.41) is 10.5. The summed E-state index contributed by atoms with van der Waals surface area (Å²) < 4.78 is 21.7. The van der Waals surface area contributed by atoms with Crippen LogP contribution < -0.4 is 0 Å². The van der Waals surface area contributed by atoms with Crippen LogP contribution in [0.3, 0.4) is 0 Å². The summed E-state index contributed by atoms with van der Waals surface area (Å²) in [6.45, 7) is 2.03. The van der Waals surface area contributed by atoms with Gasteiger partial charge in [-0.05, 0) is 78.1 Å². The number of carboxylic acid groups (broad SMARTS) is 1. The molecule has 2 aliphatic heterocycles. The molecule has 0 bridgehead atoms. The van der Waals surface area contributed by atoms with E-state index in [0.717, 1.165) is 51.8 Å². The average molecular weight is 455 g/mol. The van der Waals surface area contributed by atoms with Crippen LogP contribution in [0.15, 0.2) is 65.7 Å². The predicted molar refractivity (Wildman–Crippen MR) is 130 cm³/mol. The molecule has 5 nitrogen and oxygen atoms in total. The molecular weight excluding hydrogens is 431 g/mol. The van der Waals surface area contributed by atoms with E-state index in [9.17, 15) is 14.3 Å². The zero-order chi connectivity index (χ0) is 23.2. The number of benzene rings is 3. The lowest BCUT2D eigenvalue weighted by molar-refractivity contribution is 0.0697. The Morgan fingerprint density at radius 2 is 1.76 bits per heavy atom. The van der Waals surface area contributed by atoms with Crippen LogP contribution in [-0.4, -0.2) is 35.1 Å². The molecule has 1 fully saturated rings. The highest BCUT2D eigenvalue weighted by molar-refractivity contribution is 6.03. The van der Waals surface area contributed by atoms with E-state index < -0.39 is 5.97 Å². The van der Waals surface area contributed by atoms with Crippen molar-refractivity contribution < 1.29 is 19.0 Å². The number of rotatable bonds is 4. The molecule has 1 saturated heterocycles. The maximum atomic E-state index is 13.8. The van der Waals surface area contributed by atoms with Crippen LogP contribution in [0.1, 0.15) is 45.9 Å². The molecule has 3 heterocycles. The Morgan fingerprint density at radius 3 is 2.47 bits per heavy atom. The molecule has 0 aliphatic carbocycles. The largest absolute Gasteiger partial charge is 0.478 e. The number of ether oxygens (including phenoxy) is 1. The molecule has 0 unspecified atom stereocenters. The lowest BCUT2D eigenvalue weighted by Gasteiger charge is -2.26. The molecule has 1 N–H and O–H groups in total. The summed E-state index contributed by atoms with van der Waals surface area (Å²) in [7, 11) is 0. The Labute approximate surface area is 196 Å². The number of aromatic nitrogens is 1. The minimum absolute atomic E-state index is 0.254. The van der Waals surface area contributed by atoms with Gasteiger partial charge < -0.3 is 14.4 Å². The number of carbonyl (C=O) groups is 1. The number of hydrogen-bond donors (Lipinski definition) is 1. The highest BCUT2D eigenvalue weighted by Gasteiger charge is 2.29. The maximum Gasteiger partial charge on any atom is 0.335 e. The van der Waals surface area contributed by atoms with E-state index in [1.165, 1.54) is 17.7 Å². The van der Waals surface area contributed by atoms with Gasteiger partial charge in [-0.15, -0.1) is 0 Å². The second kappa shape index (κ2) is 8.22. The SMILES string of the molecule is O=C(O)c1ccc(-c2c(C3CCOCC3)n(-c3ccc(F)cc3)c3cc4c(cc23)CN=C4)cc1. The highest BCUT2D eigenvalue weighted by Crippen LogP contribution is 2.44. The monoisotopic (exact) mass is 454 g/mol. The van der Waals surface area contributed by atoms with Crippen LogP contribution in [0.5, 0.6) is 0 Å². The zero-order valence-corrected chi connectivity index (χ0v) is 18.5. The molecule has 1 aromatic heterocycles. The average Bonchev–Trinajstić information content (AvgIpc) is 3.45. The van der Waals surface area contributed by atoms with Gasteiger partial charge in [0.1, 0.15) is 5.82 Å². The molecule has 0 amide bonds. The lowest BCUT2D eigenvalue weighted by atomic mass is 9.89. The van der Waals surface area contributed by atoms with E-state index in [-0.39, 0.29) is 17.3 Å². The van der Waals surface area contributed by atoms with Crippen LogP contribution in [0.25, 0.3) is 27.7 Å². The van der Waals surface area contributed by atoms with Crippen molar-refractivity contribution in [1.29, 1.82) is 0 Å². The van der Waals surface area contributed by atoms with E-state index >= 15 is 0 Å². The van der Waals surface area contributed by atoms with Gasteiger partial charge in [0, 0.05) is 47.7 Å². The van der Waals surface area contributed by atoms with Gasteiger partial charge in [0.05, 0.1) is 17.6 Å². The first-order chi connectivity index (χ1) is 16.6. The van der Waals surface area contributed by atoms with Gasteiger partial charge in [0.25, 0.3) is 0 Å². The van der Waals surface area contributed by atoms with Gasteiger partial charge in [-0.25, -0.2) is 9.18 Å². The van der Waals surface area contributed by atoms with E-state index in [1.54, 1.807) is 12.1 Å². The molecule has 0 spiro atoms. The first-order valence-corrected chi connectivity index (χ1v) is 11.5. The quantitative estimate of drug-likeness (QED) is 0.414. The Morgan fingerprint density at radius 1 is 1.03 bits per heavy atom. The van der Waals surface area contributed by atoms with E-state index in [1.807, 2.05) is 30.5 Å². The summed E-state index contributed by atoms with van der Waals surface area (Å²) >= 11 is 0. The third-order valence-electron chi connectivity index (χ3n) is 6.87. The van der Waals surface area contributed by atoms with Gasteiger partial charge in [-0.2, -0.15) is 0 Å². The van der Waals surface area contributed by atoms with Crippen molar-refractivity contribution in [2.75, 3.05) is 13.2 Å². The minimum Gasteiger partial charge on any atom is -0.478 e. The first kappa shape index (κ1) is 20.8. The fourth-order valence-corrected chi connectivity index (χ4v) is 5.22. The number of nitrogens with zero attached hydrogens (tertiary/aromatic N) is 2. The molecule has 4 aromatic rings. The molecule has 170 valence electrons. The molecule has 0 saturated carbocycles. The molecule has 34 heavy (non-hydrogen) atoms. The van der Waals surface area contributed by atoms with Crippen molar-refractivity contribution in [3.05, 3.63) is 88.9 Å². The number of aromatic carboxylic acids is 1. The lowest BCUT2D eigenvalue weighted by Crippen LogP contribution is -2.17. The van der Waals surface area contributed by atoms with Crippen LogP contribution in [0, 0.1) is 5.82 Å². The Bertz CT molecular complexity index is 1430. The second-order valence-corrected chi connectivity index (χ2v) is 8.88. The van der Waals surface area contributed by atoms with Crippen LogP contribution >= 0.6 is 0 Å². The summed E-state index contributed by atoms with van der Waals surface area (Å²) in [4.78, 5) is 15.9. The predicted octanol–water partition coefficient (Wildman–Crippen LogP) is 5.96. The van der Waals surface area contributed by atoms with Crippen molar-refractivity contribution in [3.8, 4) is 16.8 Å². The number of carboxylic acids is 1. The second-order valence-electron chi connectivity index (χ2n) is 8.88. The number of hydrogen-bond acceptors (Lipinski definition) is 3. The number of halogens is 1. The molecular formula is C28H23FN2O3. The summed E-state index contributed by atoms with van der Waals surface area (Å²) in [5.74, 6) is -0.964. The summed E-state index contributed by atoms with van der Waals surface area (Å²) in [6.07, 6.45) is 3.68. The fourth-order valence-electron chi connectivity index (χ4n) is 5.22. The maximum absolute atomic E-state index is 13.8. The molecule has 0 radical (unpaired) electrons. The summed E-state index contributed by atoms with van der Waals surface area (Å²) in [5.41, 5.74) is 7.69. The Kier molecular flexibility index (Phi) is 5.03. The van der Waals surface area contributed by atoms with Crippen LogP contribution in [0.4, 0.5) is 4.39 Å².